The van der Waals surface area contributed by atoms with Crippen LogP contribution in [0, 0.1) is 0 Å². The van der Waals surface area contributed by atoms with Crippen LogP contribution in [-0.4, -0.2) is 19.7 Å². The average Bonchev–Trinajstić information content (AvgIpc) is 2.70. The Balaban J connectivity index is 2.20. The van der Waals surface area contributed by atoms with Gasteiger partial charge in [-0.3, -0.25) is 0 Å². The van der Waals surface area contributed by atoms with E-state index in [9.17, 15) is 0 Å². The van der Waals surface area contributed by atoms with Crippen LogP contribution in [-0.2, 0) is 0 Å². The second-order valence-electron chi connectivity index (χ2n) is 5.55. The number of methoxy groups -OCH3 is 1. The van der Waals surface area contributed by atoms with Crippen LogP contribution in [0.15, 0.2) is 24.3 Å². The number of ether oxygens (including phenoxy) is 1. The van der Waals surface area contributed by atoms with Crippen LogP contribution < -0.4 is 10.1 Å². The summed E-state index contributed by atoms with van der Waals surface area (Å²) in [5.41, 5.74) is 1.39. The van der Waals surface area contributed by atoms with E-state index in [4.69, 9.17) is 4.74 Å². The van der Waals surface area contributed by atoms with Crippen LogP contribution in [0.4, 0.5) is 0 Å². The van der Waals surface area contributed by atoms with Crippen molar-refractivity contribution in [1.82, 2.24) is 5.32 Å². The Morgan fingerprint density at radius 3 is 2.74 bits per heavy atom. The molecule has 0 amide bonds. The summed E-state index contributed by atoms with van der Waals surface area (Å²) in [5.74, 6) is 1.66. The van der Waals surface area contributed by atoms with Crippen molar-refractivity contribution in [2.75, 3.05) is 13.7 Å². The molecule has 2 rings (SSSR count). The molecule has 0 saturated heterocycles. The van der Waals surface area contributed by atoms with Crippen molar-refractivity contribution >= 4 is 0 Å². The number of rotatable bonds is 5. The Morgan fingerprint density at radius 1 is 1.16 bits per heavy atom. The van der Waals surface area contributed by atoms with Gasteiger partial charge in [-0.25, -0.2) is 0 Å². The van der Waals surface area contributed by atoms with Crippen LogP contribution >= 0.6 is 0 Å². The van der Waals surface area contributed by atoms with Gasteiger partial charge in [0.2, 0.25) is 0 Å². The van der Waals surface area contributed by atoms with E-state index in [1.54, 1.807) is 7.11 Å². The highest BCUT2D eigenvalue weighted by molar-refractivity contribution is 5.37. The van der Waals surface area contributed by atoms with Crippen LogP contribution in [0.5, 0.6) is 5.75 Å². The molecule has 106 valence electrons. The van der Waals surface area contributed by atoms with E-state index < -0.39 is 0 Å². The second-order valence-corrected chi connectivity index (χ2v) is 5.55. The van der Waals surface area contributed by atoms with Gasteiger partial charge >= 0.3 is 0 Å². The molecule has 0 bridgehead atoms. The lowest BCUT2D eigenvalue weighted by atomic mass is 9.87. The van der Waals surface area contributed by atoms with Crippen LogP contribution in [0.1, 0.15) is 56.9 Å². The standard InChI is InChI=1S/C17H27NO/c1-3-13-18-16-11-6-4-5-9-14(16)15-10-7-8-12-17(15)19-2/h7-8,10,12,14,16,18H,3-6,9,11,13H2,1-2H3. The lowest BCUT2D eigenvalue weighted by Crippen LogP contribution is -2.35. The van der Waals surface area contributed by atoms with Crippen molar-refractivity contribution in [3.05, 3.63) is 29.8 Å². The van der Waals surface area contributed by atoms with E-state index >= 15 is 0 Å². The molecule has 2 atom stereocenters. The topological polar surface area (TPSA) is 21.3 Å². The largest absolute Gasteiger partial charge is 0.496 e. The van der Waals surface area contributed by atoms with E-state index in [0.29, 0.717) is 12.0 Å². The molecule has 1 N–H and O–H groups in total. The predicted octanol–water partition coefficient (Wildman–Crippen LogP) is 4.11. The minimum atomic E-state index is 0.602. The fraction of sp³-hybridized carbons (Fsp3) is 0.647. The summed E-state index contributed by atoms with van der Waals surface area (Å²) in [5, 5.41) is 3.76. The van der Waals surface area contributed by atoms with Crippen LogP contribution in [0.3, 0.4) is 0 Å². The molecular weight excluding hydrogens is 234 g/mol. The lowest BCUT2D eigenvalue weighted by Gasteiger charge is -2.28. The van der Waals surface area contributed by atoms with Crippen molar-refractivity contribution in [3.8, 4) is 5.75 Å². The van der Waals surface area contributed by atoms with Gasteiger partial charge in [-0.2, -0.15) is 0 Å². The van der Waals surface area contributed by atoms with E-state index in [2.05, 4.69) is 36.5 Å². The number of hydrogen-bond acceptors (Lipinski definition) is 2. The zero-order chi connectivity index (χ0) is 13.5. The van der Waals surface area contributed by atoms with Crippen molar-refractivity contribution in [2.45, 2.75) is 57.4 Å². The van der Waals surface area contributed by atoms with E-state index in [-0.39, 0.29) is 0 Å². The van der Waals surface area contributed by atoms with Gasteiger partial charge in [0.1, 0.15) is 5.75 Å². The smallest absolute Gasteiger partial charge is 0.122 e. The lowest BCUT2D eigenvalue weighted by molar-refractivity contribution is 0.376. The number of hydrogen-bond donors (Lipinski definition) is 1. The van der Waals surface area contributed by atoms with Gasteiger partial charge in [-0.1, -0.05) is 44.4 Å². The van der Waals surface area contributed by atoms with Gasteiger partial charge in [0.25, 0.3) is 0 Å². The van der Waals surface area contributed by atoms with Crippen LogP contribution in [0.2, 0.25) is 0 Å². The molecule has 2 heteroatoms. The van der Waals surface area contributed by atoms with E-state index in [0.717, 1.165) is 12.3 Å². The fourth-order valence-corrected chi connectivity index (χ4v) is 3.23. The zero-order valence-corrected chi connectivity index (χ0v) is 12.3. The zero-order valence-electron chi connectivity index (χ0n) is 12.3. The Hall–Kier alpha value is -1.02. The molecule has 1 fully saturated rings. The molecule has 0 aliphatic heterocycles. The number of nitrogens with one attached hydrogen (secondary N) is 1. The summed E-state index contributed by atoms with van der Waals surface area (Å²) in [4.78, 5) is 0. The molecule has 0 heterocycles. The summed E-state index contributed by atoms with van der Waals surface area (Å²) < 4.78 is 5.56. The highest BCUT2D eigenvalue weighted by Gasteiger charge is 2.26. The molecule has 2 nitrogen and oxygen atoms in total. The molecule has 1 aromatic carbocycles. The molecule has 0 radical (unpaired) electrons. The van der Waals surface area contributed by atoms with Crippen molar-refractivity contribution in [3.63, 3.8) is 0 Å². The Bertz CT molecular complexity index is 377. The molecule has 1 aliphatic carbocycles. The average molecular weight is 261 g/mol. The minimum absolute atomic E-state index is 0.602. The third kappa shape index (κ3) is 3.73. The highest BCUT2D eigenvalue weighted by Crippen LogP contribution is 2.36. The van der Waals surface area contributed by atoms with Gasteiger partial charge in [0.15, 0.2) is 0 Å². The number of benzene rings is 1. The maximum absolute atomic E-state index is 5.56. The summed E-state index contributed by atoms with van der Waals surface area (Å²) in [7, 11) is 1.78. The first-order valence-electron chi connectivity index (χ1n) is 7.73. The first-order valence-corrected chi connectivity index (χ1v) is 7.73. The van der Waals surface area contributed by atoms with Crippen molar-refractivity contribution in [1.29, 1.82) is 0 Å². The molecule has 1 aromatic rings. The van der Waals surface area contributed by atoms with Gasteiger partial charge in [-0.15, -0.1) is 0 Å². The molecular formula is C17H27NO. The van der Waals surface area contributed by atoms with Gasteiger partial charge in [0, 0.05) is 12.0 Å². The number of para-hydroxylation sites is 1. The molecule has 1 aliphatic rings. The van der Waals surface area contributed by atoms with Gasteiger partial charge in [0.05, 0.1) is 7.11 Å². The SMILES string of the molecule is CCCNC1CCCCCC1c1ccccc1OC. The van der Waals surface area contributed by atoms with E-state index in [1.165, 1.54) is 44.1 Å². The molecule has 0 spiro atoms. The third-order valence-electron chi connectivity index (χ3n) is 4.21. The summed E-state index contributed by atoms with van der Waals surface area (Å²) in [6, 6.07) is 9.15. The Morgan fingerprint density at radius 2 is 1.95 bits per heavy atom. The molecule has 19 heavy (non-hydrogen) atoms. The summed E-state index contributed by atoms with van der Waals surface area (Å²) >= 11 is 0. The molecule has 2 unspecified atom stereocenters. The first kappa shape index (κ1) is 14.4. The molecule has 0 aromatic heterocycles. The second kappa shape index (κ2) is 7.54. The van der Waals surface area contributed by atoms with Gasteiger partial charge in [-0.05, 0) is 37.4 Å². The van der Waals surface area contributed by atoms with Crippen LogP contribution in [0.25, 0.3) is 0 Å². The summed E-state index contributed by atoms with van der Waals surface area (Å²) in [6.07, 6.45) is 7.84. The quantitative estimate of drug-likeness (QED) is 0.805. The fourth-order valence-electron chi connectivity index (χ4n) is 3.23. The Labute approximate surface area is 117 Å². The predicted molar refractivity (Wildman–Crippen MR) is 80.9 cm³/mol. The minimum Gasteiger partial charge on any atom is -0.496 e. The Kier molecular flexibility index (Phi) is 5.71. The van der Waals surface area contributed by atoms with E-state index in [1.807, 2.05) is 0 Å². The monoisotopic (exact) mass is 261 g/mol. The normalized spacial score (nSPS) is 23.9. The van der Waals surface area contributed by atoms with Crippen molar-refractivity contribution < 1.29 is 4.74 Å². The van der Waals surface area contributed by atoms with Gasteiger partial charge < -0.3 is 10.1 Å². The van der Waals surface area contributed by atoms with Crippen molar-refractivity contribution in [2.24, 2.45) is 0 Å². The molecule has 1 saturated carbocycles. The summed E-state index contributed by atoms with van der Waals surface area (Å²) in [6.45, 7) is 3.36. The first-order chi connectivity index (χ1) is 9.36. The maximum Gasteiger partial charge on any atom is 0.122 e. The highest BCUT2D eigenvalue weighted by atomic mass is 16.5. The third-order valence-corrected chi connectivity index (χ3v) is 4.21. The maximum atomic E-state index is 5.56.